The number of benzene rings is 1. The molecule has 112 valence electrons. The third kappa shape index (κ3) is 3.28. The van der Waals surface area contributed by atoms with E-state index in [9.17, 15) is 13.6 Å². The number of carbonyl (C=O) groups is 1. The van der Waals surface area contributed by atoms with Crippen LogP contribution in [0.15, 0.2) is 12.1 Å². The van der Waals surface area contributed by atoms with Crippen LogP contribution < -0.4 is 5.32 Å². The Morgan fingerprint density at radius 2 is 2.05 bits per heavy atom. The van der Waals surface area contributed by atoms with Gasteiger partial charge in [0.05, 0.1) is 24.5 Å². The first kappa shape index (κ1) is 15.2. The zero-order chi connectivity index (χ0) is 15.4. The van der Waals surface area contributed by atoms with Crippen molar-refractivity contribution in [2.45, 2.75) is 13.0 Å². The van der Waals surface area contributed by atoms with Gasteiger partial charge in [0.15, 0.2) is 11.6 Å². The molecule has 0 saturated carbocycles. The Labute approximate surface area is 121 Å². The second kappa shape index (κ2) is 6.50. The molecule has 2 rings (SSSR count). The minimum absolute atomic E-state index is 0.138. The number of rotatable bonds is 3. The van der Waals surface area contributed by atoms with E-state index in [1.165, 1.54) is 12.1 Å². The van der Waals surface area contributed by atoms with Crippen molar-refractivity contribution in [2.75, 3.05) is 31.6 Å². The summed E-state index contributed by atoms with van der Waals surface area (Å²) in [4.78, 5) is 13.8. The molecule has 0 radical (unpaired) electrons. The molecule has 1 heterocycles. The predicted molar refractivity (Wildman–Crippen MR) is 71.6 cm³/mol. The molecule has 1 fully saturated rings. The van der Waals surface area contributed by atoms with Gasteiger partial charge in [-0.05, 0) is 19.1 Å². The number of carbonyl (C=O) groups excluding carboxylic acids is 1. The zero-order valence-corrected chi connectivity index (χ0v) is 11.5. The Balaban J connectivity index is 2.09. The quantitative estimate of drug-likeness (QED) is 0.917. The molecule has 1 N–H and O–H groups in total. The molecule has 0 aliphatic carbocycles. The van der Waals surface area contributed by atoms with Crippen molar-refractivity contribution in [3.8, 4) is 6.07 Å². The first-order chi connectivity index (χ1) is 10.0. The summed E-state index contributed by atoms with van der Waals surface area (Å²) < 4.78 is 32.5. The van der Waals surface area contributed by atoms with Gasteiger partial charge in [-0.2, -0.15) is 5.26 Å². The van der Waals surface area contributed by atoms with E-state index < -0.39 is 17.7 Å². The number of halogens is 2. The Morgan fingerprint density at radius 1 is 1.38 bits per heavy atom. The Morgan fingerprint density at radius 3 is 2.67 bits per heavy atom. The molecule has 0 spiro atoms. The molecule has 0 aromatic heterocycles. The van der Waals surface area contributed by atoms with Crippen molar-refractivity contribution in [3.05, 3.63) is 29.3 Å². The second-order valence-corrected chi connectivity index (χ2v) is 4.70. The molecule has 1 aromatic carbocycles. The smallest absolute Gasteiger partial charge is 0.244 e. The number of nitrogens with zero attached hydrogens (tertiary/aromatic N) is 2. The molecule has 1 saturated heterocycles. The minimum atomic E-state index is -1.21. The molecule has 7 heteroatoms. The number of nitriles is 1. The van der Waals surface area contributed by atoms with E-state index in [0.29, 0.717) is 26.3 Å². The fraction of sp³-hybridized carbons (Fsp3) is 0.429. The van der Waals surface area contributed by atoms with Crippen LogP contribution in [0.3, 0.4) is 0 Å². The van der Waals surface area contributed by atoms with Gasteiger partial charge >= 0.3 is 0 Å². The zero-order valence-electron chi connectivity index (χ0n) is 11.5. The molecule has 1 aliphatic rings. The Bertz CT molecular complexity index is 580. The van der Waals surface area contributed by atoms with Gasteiger partial charge in [-0.1, -0.05) is 0 Å². The first-order valence-corrected chi connectivity index (χ1v) is 6.55. The molecule has 1 unspecified atom stereocenters. The van der Waals surface area contributed by atoms with Gasteiger partial charge in [-0.3, -0.25) is 4.79 Å². The van der Waals surface area contributed by atoms with E-state index in [2.05, 4.69) is 5.32 Å². The summed E-state index contributed by atoms with van der Waals surface area (Å²) in [7, 11) is 0. The topological polar surface area (TPSA) is 65.4 Å². The lowest BCUT2D eigenvalue weighted by atomic mass is 10.1. The second-order valence-electron chi connectivity index (χ2n) is 4.70. The fourth-order valence-corrected chi connectivity index (χ4v) is 2.10. The summed E-state index contributed by atoms with van der Waals surface area (Å²) in [5.41, 5.74) is -0.509. The third-order valence-corrected chi connectivity index (χ3v) is 3.27. The molecule has 21 heavy (non-hydrogen) atoms. The monoisotopic (exact) mass is 295 g/mol. The number of nitrogens with one attached hydrogen (secondary N) is 1. The lowest BCUT2D eigenvalue weighted by Gasteiger charge is -2.29. The van der Waals surface area contributed by atoms with Crippen LogP contribution in [0.1, 0.15) is 12.5 Å². The van der Waals surface area contributed by atoms with Gasteiger partial charge in [0.1, 0.15) is 12.1 Å². The summed E-state index contributed by atoms with van der Waals surface area (Å²) in [6.45, 7) is 3.48. The molecule has 0 bridgehead atoms. The van der Waals surface area contributed by atoms with Crippen LogP contribution in [0, 0.1) is 23.0 Å². The highest BCUT2D eigenvalue weighted by molar-refractivity contribution is 5.84. The highest BCUT2D eigenvalue weighted by Crippen LogP contribution is 2.21. The van der Waals surface area contributed by atoms with E-state index in [4.69, 9.17) is 10.00 Å². The normalized spacial score (nSPS) is 16.2. The molecule has 1 aliphatic heterocycles. The molecule has 1 atom stereocenters. The lowest BCUT2D eigenvalue weighted by Crippen LogP contribution is -2.47. The van der Waals surface area contributed by atoms with E-state index >= 15 is 0 Å². The number of hydrogen-bond donors (Lipinski definition) is 1. The number of morpholine rings is 1. The molecule has 5 nitrogen and oxygen atoms in total. The van der Waals surface area contributed by atoms with E-state index in [-0.39, 0.29) is 17.2 Å². The standard InChI is InChI=1S/C14H15F2N3O2/c1-9(14(20)19-4-6-21-7-5-19)18-11-3-2-10(8-17)12(15)13(11)16/h2-3,9,18H,4-7H2,1H3. The highest BCUT2D eigenvalue weighted by atomic mass is 19.2. The van der Waals surface area contributed by atoms with E-state index in [1.807, 2.05) is 0 Å². The first-order valence-electron chi connectivity index (χ1n) is 6.55. The van der Waals surface area contributed by atoms with Gasteiger partial charge in [0, 0.05) is 13.1 Å². The van der Waals surface area contributed by atoms with Crippen molar-refractivity contribution in [2.24, 2.45) is 0 Å². The maximum atomic E-state index is 13.8. The molecule has 1 aromatic rings. The van der Waals surface area contributed by atoms with Gasteiger partial charge < -0.3 is 15.0 Å². The van der Waals surface area contributed by atoms with Crippen LogP contribution in [0.4, 0.5) is 14.5 Å². The van der Waals surface area contributed by atoms with Crippen molar-refractivity contribution in [1.82, 2.24) is 4.90 Å². The van der Waals surface area contributed by atoms with Crippen LogP contribution in [-0.2, 0) is 9.53 Å². The predicted octanol–water partition coefficient (Wildman–Crippen LogP) is 1.50. The van der Waals surface area contributed by atoms with Gasteiger partial charge in [0.2, 0.25) is 5.91 Å². The van der Waals surface area contributed by atoms with Crippen LogP contribution in [-0.4, -0.2) is 43.2 Å². The molecule has 1 amide bonds. The van der Waals surface area contributed by atoms with E-state index in [1.54, 1.807) is 17.9 Å². The summed E-state index contributed by atoms with van der Waals surface area (Å²) in [6, 6.07) is 3.28. The SMILES string of the molecule is CC(Nc1ccc(C#N)c(F)c1F)C(=O)N1CCOCC1. The van der Waals surface area contributed by atoms with Crippen LogP contribution in [0.25, 0.3) is 0 Å². The number of hydrogen-bond acceptors (Lipinski definition) is 4. The Hall–Kier alpha value is -2.20. The highest BCUT2D eigenvalue weighted by Gasteiger charge is 2.24. The van der Waals surface area contributed by atoms with Crippen molar-refractivity contribution in [1.29, 1.82) is 5.26 Å². The maximum Gasteiger partial charge on any atom is 0.244 e. The fourth-order valence-electron chi connectivity index (χ4n) is 2.10. The Kier molecular flexibility index (Phi) is 4.70. The number of ether oxygens (including phenoxy) is 1. The molecular weight excluding hydrogens is 280 g/mol. The van der Waals surface area contributed by atoms with E-state index in [0.717, 1.165) is 0 Å². The van der Waals surface area contributed by atoms with Gasteiger partial charge in [-0.15, -0.1) is 0 Å². The lowest BCUT2D eigenvalue weighted by molar-refractivity contribution is -0.135. The summed E-state index contributed by atoms with van der Waals surface area (Å²) >= 11 is 0. The number of amides is 1. The molecular formula is C14H15F2N3O2. The average molecular weight is 295 g/mol. The average Bonchev–Trinajstić information content (AvgIpc) is 2.52. The van der Waals surface area contributed by atoms with Crippen LogP contribution in [0.2, 0.25) is 0 Å². The van der Waals surface area contributed by atoms with Crippen molar-refractivity contribution < 1.29 is 18.3 Å². The number of anilines is 1. The summed E-state index contributed by atoms with van der Waals surface area (Å²) in [5, 5.41) is 11.3. The van der Waals surface area contributed by atoms with Crippen LogP contribution in [0.5, 0.6) is 0 Å². The van der Waals surface area contributed by atoms with Gasteiger partial charge in [0.25, 0.3) is 0 Å². The van der Waals surface area contributed by atoms with Crippen molar-refractivity contribution in [3.63, 3.8) is 0 Å². The van der Waals surface area contributed by atoms with Gasteiger partial charge in [-0.25, -0.2) is 8.78 Å². The van der Waals surface area contributed by atoms with Crippen LogP contribution >= 0.6 is 0 Å². The minimum Gasteiger partial charge on any atom is -0.378 e. The summed E-state index contributed by atoms with van der Waals surface area (Å²) in [6.07, 6.45) is 0. The van der Waals surface area contributed by atoms with Crippen molar-refractivity contribution >= 4 is 11.6 Å². The summed E-state index contributed by atoms with van der Waals surface area (Å²) in [5.74, 6) is -2.58. The largest absolute Gasteiger partial charge is 0.378 e. The third-order valence-electron chi connectivity index (χ3n) is 3.27. The maximum absolute atomic E-state index is 13.8.